The molecule has 3 aromatic heterocycles. The van der Waals surface area contributed by atoms with Crippen LogP contribution in [-0.2, 0) is 124 Å². The molecule has 3 aliphatic heterocycles. The van der Waals surface area contributed by atoms with E-state index in [1.165, 1.54) is 23.1 Å². The summed E-state index contributed by atoms with van der Waals surface area (Å²) in [5.74, 6) is -2.49. The van der Waals surface area contributed by atoms with Gasteiger partial charge in [-0.1, -0.05) is 32.9 Å². The maximum atomic E-state index is 14.1. The van der Waals surface area contributed by atoms with E-state index in [1.807, 2.05) is 6.92 Å². The second-order valence-corrected chi connectivity index (χ2v) is 23.4. The number of carbonyl (C=O) groups excluding carboxylic acids is 7. The average Bonchev–Trinajstić information content (AvgIpc) is 1.64. The van der Waals surface area contributed by atoms with Gasteiger partial charge >= 0.3 is 12.1 Å². The van der Waals surface area contributed by atoms with Crippen LogP contribution in [0.15, 0.2) is 47.4 Å². The Labute approximate surface area is 550 Å². The number of fused-ring (bicyclic) bond motifs is 5. The summed E-state index contributed by atoms with van der Waals surface area (Å²) in [6.45, 7) is 13.5. The molecule has 4 aromatic rings. The predicted octanol–water partition coefficient (Wildman–Crippen LogP) is 2.55. The summed E-state index contributed by atoms with van der Waals surface area (Å²) in [5, 5.41) is 27.6. The number of hydrogen-bond donors (Lipinski definition) is 4. The lowest BCUT2D eigenvalue weighted by Crippen LogP contribution is -2.48. The van der Waals surface area contributed by atoms with E-state index in [-0.39, 0.29) is 98.2 Å². The molecule has 2 unspecified atom stereocenters. The highest BCUT2D eigenvalue weighted by molar-refractivity contribution is 6.12. The molecular weight excluding hydrogens is 1240 g/mol. The van der Waals surface area contributed by atoms with Crippen molar-refractivity contribution in [1.29, 1.82) is 0 Å². The number of pyridine rings is 2. The number of rotatable bonds is 43. The Bertz CT molecular complexity index is 3310. The fraction of sp³-hybridized carbons (Fsp3) is 0.615. The topological polar surface area (TPSA) is 355 Å². The summed E-state index contributed by atoms with van der Waals surface area (Å²) in [6.07, 6.45) is 6.67. The van der Waals surface area contributed by atoms with Crippen molar-refractivity contribution in [2.75, 3.05) is 139 Å². The minimum absolute atomic E-state index is 0.0260. The summed E-state index contributed by atoms with van der Waals surface area (Å²) < 4.78 is 69.7. The first-order valence-electron chi connectivity index (χ1n) is 32.5. The standard InChI is InChI=1S/C65H89N9O21/c1-5-48-49-33-47(75)11-12-53(49)69-60-50(48)38-73-55(60)34-52-51(62(73)81)39-93-63(82)65(52,6-2)95-64(83)94-40-54(43(3)4)68-57(77)42-92-41-56(76)66-15-17-84-19-21-86-23-25-88-27-29-90-31-32-91-30-28-89-26-24-87-22-20-85-18-16-72-37-46(70-71-72)35-67-61(80)45-9-7-44(8-10-45)36-74-58(78)13-14-59(74)79/h11-14,33-34,37,43-45,54,75H,5-10,15-32,35-36,38-42H2,1-4H3,(H,66,76)(H,67,80)(H,68,77). The number of aromatic nitrogens is 5. The molecule has 1 saturated carbocycles. The van der Waals surface area contributed by atoms with Crippen LogP contribution in [0.2, 0.25) is 0 Å². The number of esters is 1. The lowest BCUT2D eigenvalue weighted by molar-refractivity contribution is -0.175. The number of nitrogens with zero attached hydrogens (tertiary/aromatic N) is 6. The minimum atomic E-state index is -2.02. The number of cyclic esters (lactones) is 1. The largest absolute Gasteiger partial charge is 0.509 e. The third-order valence-corrected chi connectivity index (χ3v) is 16.6. The predicted molar refractivity (Wildman–Crippen MR) is 336 cm³/mol. The van der Waals surface area contributed by atoms with Crippen LogP contribution in [-0.4, -0.2) is 221 Å². The Morgan fingerprint density at radius 1 is 0.726 bits per heavy atom. The van der Waals surface area contributed by atoms with Crippen molar-refractivity contribution in [3.05, 3.63) is 80.9 Å². The SMILES string of the molecule is CCc1c2c(nc3ccc(O)cc13)-c1cc3c(c(=O)n1C2)COC(=O)C3(CC)OC(=O)OCC(NC(=O)COCC(=O)NCCOCCOCCOCCOCCOCCOCCOCCOCCn1cc(CNC(=O)C2CCC(CN3C(=O)C=CC3=O)CC2)nn1)C(C)C. The van der Waals surface area contributed by atoms with Crippen molar-refractivity contribution in [1.82, 2.24) is 45.4 Å². The summed E-state index contributed by atoms with van der Waals surface area (Å²) in [4.78, 5) is 109. The maximum absolute atomic E-state index is 14.1. The first kappa shape index (κ1) is 73.0. The molecule has 5 amide bonds. The van der Waals surface area contributed by atoms with Gasteiger partial charge < -0.3 is 82.5 Å². The third-order valence-electron chi connectivity index (χ3n) is 16.6. The summed E-state index contributed by atoms with van der Waals surface area (Å²) in [7, 11) is 0. The smallest absolute Gasteiger partial charge is 0.508 e. The Morgan fingerprint density at radius 3 is 1.93 bits per heavy atom. The summed E-state index contributed by atoms with van der Waals surface area (Å²) in [5.41, 5.74) is 1.91. The van der Waals surface area contributed by atoms with E-state index < -0.39 is 54.4 Å². The van der Waals surface area contributed by atoms with E-state index >= 15 is 0 Å². The number of aryl methyl sites for hydroxylation is 1. The second-order valence-electron chi connectivity index (χ2n) is 23.4. The highest BCUT2D eigenvalue weighted by atomic mass is 16.7. The molecule has 0 spiro atoms. The minimum Gasteiger partial charge on any atom is -0.508 e. The van der Waals surface area contributed by atoms with Crippen molar-refractivity contribution < 1.29 is 95.5 Å². The van der Waals surface area contributed by atoms with Gasteiger partial charge in [-0.15, -0.1) is 5.10 Å². The summed E-state index contributed by atoms with van der Waals surface area (Å²) in [6, 6.07) is 5.84. The first-order valence-corrected chi connectivity index (χ1v) is 32.5. The lowest BCUT2D eigenvalue weighted by atomic mass is 9.81. The molecule has 4 N–H and O–H groups in total. The average molecular weight is 1330 g/mol. The zero-order valence-electron chi connectivity index (χ0n) is 54.6. The molecule has 8 rings (SSSR count). The quantitative estimate of drug-likeness (QED) is 0.0247. The van der Waals surface area contributed by atoms with Gasteiger partial charge in [-0.05, 0) is 80.2 Å². The molecule has 30 heteroatoms. The Balaban J connectivity index is 0.556. The van der Waals surface area contributed by atoms with Gasteiger partial charge in [0.25, 0.3) is 17.4 Å². The van der Waals surface area contributed by atoms with E-state index in [1.54, 1.807) is 54.4 Å². The number of benzene rings is 1. The van der Waals surface area contributed by atoms with Gasteiger partial charge in [0.15, 0.2) is 0 Å². The zero-order chi connectivity index (χ0) is 67.5. The number of phenolic OH excluding ortho intramolecular Hbond substituents is 1. The number of phenols is 1. The third kappa shape index (κ3) is 21.1. The Kier molecular flexibility index (Phi) is 28.8. The van der Waals surface area contributed by atoms with E-state index in [9.17, 15) is 43.5 Å². The number of carbonyl (C=O) groups is 7. The van der Waals surface area contributed by atoms with E-state index in [2.05, 4.69) is 26.3 Å². The van der Waals surface area contributed by atoms with Crippen molar-refractivity contribution in [3.63, 3.8) is 0 Å². The van der Waals surface area contributed by atoms with Crippen LogP contribution < -0.4 is 21.5 Å². The Morgan fingerprint density at radius 2 is 1.33 bits per heavy atom. The molecule has 0 saturated heterocycles. The highest BCUT2D eigenvalue weighted by Gasteiger charge is 2.51. The van der Waals surface area contributed by atoms with Crippen LogP contribution in [0.5, 0.6) is 5.75 Å². The molecule has 95 heavy (non-hydrogen) atoms. The molecular formula is C65H89N9O21. The van der Waals surface area contributed by atoms with Gasteiger partial charge in [-0.2, -0.15) is 0 Å². The lowest BCUT2D eigenvalue weighted by Gasteiger charge is -2.35. The van der Waals surface area contributed by atoms with Crippen molar-refractivity contribution in [2.45, 2.75) is 104 Å². The van der Waals surface area contributed by atoms with Gasteiger partial charge in [0.1, 0.15) is 37.9 Å². The van der Waals surface area contributed by atoms with Crippen LogP contribution in [0.4, 0.5) is 4.79 Å². The van der Waals surface area contributed by atoms with Crippen molar-refractivity contribution >= 4 is 52.6 Å². The maximum Gasteiger partial charge on any atom is 0.509 e. The molecule has 0 radical (unpaired) electrons. The highest BCUT2D eigenvalue weighted by Crippen LogP contribution is 2.43. The molecule has 4 aliphatic rings. The number of ether oxygens (including phenoxy) is 12. The number of imide groups is 1. The Hall–Kier alpha value is -7.81. The van der Waals surface area contributed by atoms with Crippen LogP contribution in [0.25, 0.3) is 22.3 Å². The molecule has 520 valence electrons. The van der Waals surface area contributed by atoms with Crippen molar-refractivity contribution in [2.24, 2.45) is 17.8 Å². The number of nitrogens with one attached hydrogen (secondary N) is 3. The monoisotopic (exact) mass is 1330 g/mol. The number of amides is 5. The molecule has 1 aliphatic carbocycles. The fourth-order valence-electron chi connectivity index (χ4n) is 11.4. The molecule has 2 atom stereocenters. The van der Waals surface area contributed by atoms with E-state index in [0.717, 1.165) is 29.4 Å². The van der Waals surface area contributed by atoms with E-state index in [4.69, 9.17) is 61.8 Å². The van der Waals surface area contributed by atoms with Crippen LogP contribution in [0.3, 0.4) is 0 Å². The summed E-state index contributed by atoms with van der Waals surface area (Å²) >= 11 is 0. The van der Waals surface area contributed by atoms with Crippen LogP contribution in [0, 0.1) is 17.8 Å². The number of hydrogen-bond acceptors (Lipinski definition) is 24. The normalized spacial score (nSPS) is 17.6. The zero-order valence-corrected chi connectivity index (χ0v) is 54.6. The molecule has 30 nitrogen and oxygen atoms in total. The van der Waals surface area contributed by atoms with Crippen molar-refractivity contribution in [3.8, 4) is 17.1 Å². The molecule has 6 heterocycles. The first-order chi connectivity index (χ1) is 46.1. The van der Waals surface area contributed by atoms with Gasteiger partial charge in [0.2, 0.25) is 23.3 Å². The van der Waals surface area contributed by atoms with E-state index in [0.29, 0.717) is 154 Å². The van der Waals surface area contributed by atoms with Gasteiger partial charge in [-0.25, -0.2) is 19.3 Å². The van der Waals surface area contributed by atoms with Crippen LogP contribution in [0.1, 0.15) is 87.7 Å². The molecule has 1 aromatic carbocycles. The van der Waals surface area contributed by atoms with Crippen LogP contribution >= 0.6 is 0 Å². The van der Waals surface area contributed by atoms with Gasteiger partial charge in [0.05, 0.1) is 160 Å². The van der Waals surface area contributed by atoms with Gasteiger partial charge in [0, 0.05) is 47.7 Å². The number of aromatic hydroxyl groups is 1. The second kappa shape index (κ2) is 37.5. The van der Waals surface area contributed by atoms with Gasteiger partial charge in [-0.3, -0.25) is 33.7 Å². The molecule has 0 bridgehead atoms. The fourth-order valence-corrected chi connectivity index (χ4v) is 11.4. The molecule has 1 fully saturated rings.